The molecule has 1 aliphatic rings. The third-order valence-corrected chi connectivity index (χ3v) is 5.13. The van der Waals surface area contributed by atoms with E-state index in [-0.39, 0.29) is 18.1 Å². The predicted molar refractivity (Wildman–Crippen MR) is 104 cm³/mol. The van der Waals surface area contributed by atoms with E-state index in [1.54, 1.807) is 21.3 Å². The van der Waals surface area contributed by atoms with E-state index < -0.39 is 5.97 Å². The molecular weight excluding hydrogens is 332 g/mol. The van der Waals surface area contributed by atoms with Gasteiger partial charge in [0.15, 0.2) is 0 Å². The maximum Gasteiger partial charge on any atom is 0.287 e. The smallest absolute Gasteiger partial charge is 0.287 e. The van der Waals surface area contributed by atoms with Crippen molar-refractivity contribution >= 4 is 0 Å². The van der Waals surface area contributed by atoms with Crippen LogP contribution in [0.1, 0.15) is 65.2 Å². The van der Waals surface area contributed by atoms with E-state index in [2.05, 4.69) is 19.1 Å². The molecule has 3 unspecified atom stereocenters. The molecule has 5 nitrogen and oxygen atoms in total. The minimum Gasteiger partial charge on any atom is -0.375 e. The molecule has 1 fully saturated rings. The summed E-state index contributed by atoms with van der Waals surface area (Å²) >= 11 is 0. The molecule has 0 aromatic rings. The highest BCUT2D eigenvalue weighted by atomic mass is 16.9. The van der Waals surface area contributed by atoms with Crippen LogP contribution in [0, 0.1) is 5.92 Å². The minimum absolute atomic E-state index is 0.0105. The van der Waals surface area contributed by atoms with Crippen LogP contribution in [0.3, 0.4) is 0 Å². The number of unbranched alkanes of at least 4 members (excludes halogenated alkanes) is 5. The third-order valence-electron chi connectivity index (χ3n) is 5.13. The van der Waals surface area contributed by atoms with Gasteiger partial charge in [0.2, 0.25) is 0 Å². The van der Waals surface area contributed by atoms with Gasteiger partial charge in [0, 0.05) is 21.3 Å². The normalized spacial score (nSPS) is 19.8. The van der Waals surface area contributed by atoms with Crippen LogP contribution in [-0.4, -0.2) is 52.7 Å². The Balaban J connectivity index is 2.75. The Kier molecular flexibility index (Phi) is 12.4. The van der Waals surface area contributed by atoms with Crippen LogP contribution in [0.4, 0.5) is 0 Å². The molecule has 0 bridgehead atoms. The van der Waals surface area contributed by atoms with Gasteiger partial charge in [-0.25, -0.2) is 0 Å². The lowest BCUT2D eigenvalue weighted by Gasteiger charge is -2.40. The van der Waals surface area contributed by atoms with Crippen molar-refractivity contribution in [2.45, 2.75) is 83.4 Å². The minimum atomic E-state index is -1.08. The van der Waals surface area contributed by atoms with Gasteiger partial charge in [-0.2, -0.15) is 0 Å². The summed E-state index contributed by atoms with van der Waals surface area (Å²) < 4.78 is 28.6. The molecule has 3 atom stereocenters. The third kappa shape index (κ3) is 8.05. The molecule has 0 aromatic heterocycles. The monoisotopic (exact) mass is 372 g/mol. The van der Waals surface area contributed by atoms with Crippen molar-refractivity contribution in [2.24, 2.45) is 5.92 Å². The van der Waals surface area contributed by atoms with Crippen LogP contribution < -0.4 is 0 Å². The second-order valence-electron chi connectivity index (χ2n) is 7.01. The SMILES string of the molecule is CC=CCC(OCC1CO1)C(CCCCCCCC)C(OC)(OC)OC. The van der Waals surface area contributed by atoms with Crippen LogP contribution in [-0.2, 0) is 23.7 Å². The van der Waals surface area contributed by atoms with E-state index in [0.29, 0.717) is 6.61 Å². The lowest BCUT2D eigenvalue weighted by molar-refractivity contribution is -0.390. The van der Waals surface area contributed by atoms with Gasteiger partial charge in [-0.3, -0.25) is 0 Å². The molecule has 0 spiro atoms. The Bertz CT molecular complexity index is 355. The predicted octanol–water partition coefficient (Wildman–Crippen LogP) is 4.70. The molecule has 154 valence electrons. The summed E-state index contributed by atoms with van der Waals surface area (Å²) in [6.07, 6.45) is 13.6. The molecule has 0 aliphatic carbocycles. The fourth-order valence-electron chi connectivity index (χ4n) is 3.45. The first-order chi connectivity index (χ1) is 12.7. The number of hydrogen-bond donors (Lipinski definition) is 0. The van der Waals surface area contributed by atoms with Gasteiger partial charge in [0.1, 0.15) is 6.10 Å². The maximum absolute atomic E-state index is 6.22. The van der Waals surface area contributed by atoms with E-state index in [1.807, 2.05) is 6.92 Å². The van der Waals surface area contributed by atoms with Crippen molar-refractivity contribution in [1.29, 1.82) is 0 Å². The summed E-state index contributed by atoms with van der Waals surface area (Å²) in [4.78, 5) is 0. The summed E-state index contributed by atoms with van der Waals surface area (Å²) in [6.45, 7) is 5.68. The number of hydrogen-bond acceptors (Lipinski definition) is 5. The topological polar surface area (TPSA) is 49.5 Å². The molecule has 0 aromatic carbocycles. The fourth-order valence-corrected chi connectivity index (χ4v) is 3.45. The van der Waals surface area contributed by atoms with E-state index in [4.69, 9.17) is 23.7 Å². The van der Waals surface area contributed by atoms with Crippen LogP contribution in [0.15, 0.2) is 12.2 Å². The molecule has 1 aliphatic heterocycles. The molecular formula is C21H40O5. The van der Waals surface area contributed by atoms with Crippen molar-refractivity contribution in [2.75, 3.05) is 34.5 Å². The van der Waals surface area contributed by atoms with Crippen LogP contribution in [0.25, 0.3) is 0 Å². The van der Waals surface area contributed by atoms with Gasteiger partial charge in [-0.15, -0.1) is 0 Å². The number of rotatable bonds is 17. The summed E-state index contributed by atoms with van der Waals surface area (Å²) in [5.74, 6) is -1.09. The van der Waals surface area contributed by atoms with Crippen molar-refractivity contribution in [3.05, 3.63) is 12.2 Å². The van der Waals surface area contributed by atoms with Crippen molar-refractivity contribution in [3.8, 4) is 0 Å². The van der Waals surface area contributed by atoms with E-state index >= 15 is 0 Å². The second-order valence-corrected chi connectivity index (χ2v) is 7.01. The highest BCUT2D eigenvalue weighted by Gasteiger charge is 2.45. The Hall–Kier alpha value is -0.460. The van der Waals surface area contributed by atoms with Gasteiger partial charge in [-0.1, -0.05) is 57.6 Å². The lowest BCUT2D eigenvalue weighted by atomic mass is 9.90. The molecule has 1 saturated heterocycles. The van der Waals surface area contributed by atoms with Crippen molar-refractivity contribution in [3.63, 3.8) is 0 Å². The molecule has 0 N–H and O–H groups in total. The van der Waals surface area contributed by atoms with Crippen LogP contribution >= 0.6 is 0 Å². The Morgan fingerprint density at radius 3 is 2.19 bits per heavy atom. The highest BCUT2D eigenvalue weighted by Crippen LogP contribution is 2.35. The van der Waals surface area contributed by atoms with Gasteiger partial charge in [-0.05, 0) is 19.8 Å². The largest absolute Gasteiger partial charge is 0.375 e. The quantitative estimate of drug-likeness (QED) is 0.160. The molecule has 0 saturated carbocycles. The average molecular weight is 373 g/mol. The maximum atomic E-state index is 6.22. The number of allylic oxidation sites excluding steroid dienone is 1. The standard InChI is InChI=1S/C21H40O5/c1-6-8-10-11-12-13-14-19(21(22-3,23-4)24-5)20(15-9-7-2)26-17-18-16-25-18/h7,9,18-20H,6,8,10-17H2,1-5H3. The zero-order chi connectivity index (χ0) is 19.3. The van der Waals surface area contributed by atoms with Crippen molar-refractivity contribution < 1.29 is 23.7 Å². The summed E-state index contributed by atoms with van der Waals surface area (Å²) in [6, 6.07) is 0. The highest BCUT2D eigenvalue weighted by molar-refractivity contribution is 4.88. The molecule has 1 heterocycles. The molecule has 1 rings (SSSR count). The van der Waals surface area contributed by atoms with Gasteiger partial charge in [0.05, 0.1) is 25.2 Å². The van der Waals surface area contributed by atoms with Gasteiger partial charge in [0.25, 0.3) is 5.97 Å². The number of methoxy groups -OCH3 is 3. The lowest BCUT2D eigenvalue weighted by Crippen LogP contribution is -2.50. The fraction of sp³-hybridized carbons (Fsp3) is 0.905. The Morgan fingerprint density at radius 2 is 1.65 bits per heavy atom. The average Bonchev–Trinajstić information content (AvgIpc) is 3.49. The first-order valence-corrected chi connectivity index (χ1v) is 10.2. The van der Waals surface area contributed by atoms with Gasteiger partial charge < -0.3 is 23.7 Å². The first kappa shape index (κ1) is 23.6. The summed E-state index contributed by atoms with van der Waals surface area (Å²) in [7, 11) is 4.91. The number of epoxide rings is 1. The Labute approximate surface area is 160 Å². The second kappa shape index (κ2) is 13.7. The van der Waals surface area contributed by atoms with Crippen LogP contribution in [0.2, 0.25) is 0 Å². The van der Waals surface area contributed by atoms with Crippen LogP contribution in [0.5, 0.6) is 0 Å². The molecule has 0 amide bonds. The molecule has 26 heavy (non-hydrogen) atoms. The van der Waals surface area contributed by atoms with E-state index in [0.717, 1.165) is 25.9 Å². The zero-order valence-corrected chi connectivity index (χ0v) is 17.5. The molecule has 5 heteroatoms. The van der Waals surface area contributed by atoms with E-state index in [9.17, 15) is 0 Å². The van der Waals surface area contributed by atoms with E-state index in [1.165, 1.54) is 32.1 Å². The van der Waals surface area contributed by atoms with Crippen molar-refractivity contribution in [1.82, 2.24) is 0 Å². The molecule has 0 radical (unpaired) electrons. The summed E-state index contributed by atoms with van der Waals surface area (Å²) in [5.41, 5.74) is 0. The first-order valence-electron chi connectivity index (χ1n) is 10.2. The summed E-state index contributed by atoms with van der Waals surface area (Å²) in [5, 5.41) is 0. The number of ether oxygens (including phenoxy) is 5. The van der Waals surface area contributed by atoms with Gasteiger partial charge >= 0.3 is 0 Å². The zero-order valence-electron chi connectivity index (χ0n) is 17.5. The Morgan fingerprint density at radius 1 is 1.04 bits per heavy atom.